The molecular formula is C16H24N2O2S. The number of carboxylic acids is 1. The van der Waals surface area contributed by atoms with Gasteiger partial charge in [-0.25, -0.2) is 4.79 Å². The lowest BCUT2D eigenvalue weighted by Crippen LogP contribution is -2.28. The molecule has 1 aliphatic heterocycles. The molecule has 1 heterocycles. The Morgan fingerprint density at radius 2 is 2.29 bits per heavy atom. The summed E-state index contributed by atoms with van der Waals surface area (Å²) in [6, 6.07) is 5.77. The first kappa shape index (κ1) is 16.2. The second kappa shape index (κ2) is 7.18. The number of anilines is 1. The molecule has 1 fully saturated rings. The van der Waals surface area contributed by atoms with Crippen molar-refractivity contribution in [3.63, 3.8) is 0 Å². The van der Waals surface area contributed by atoms with Crippen LogP contribution < -0.4 is 4.90 Å². The molecule has 1 atom stereocenters. The number of rotatable bonds is 6. The number of carbonyl (C=O) groups is 1. The minimum atomic E-state index is -0.836. The Morgan fingerprint density at radius 1 is 1.52 bits per heavy atom. The highest BCUT2D eigenvalue weighted by molar-refractivity contribution is 7.99. The molecule has 0 amide bonds. The number of thioether (sulfide) groups is 1. The molecule has 0 radical (unpaired) electrons. The Bertz CT molecular complexity index is 507. The second-order valence-electron chi connectivity index (χ2n) is 5.69. The van der Waals surface area contributed by atoms with Crippen LogP contribution in [0.5, 0.6) is 0 Å². The quantitative estimate of drug-likeness (QED) is 0.819. The van der Waals surface area contributed by atoms with Crippen molar-refractivity contribution in [3.05, 3.63) is 23.8 Å². The Labute approximate surface area is 131 Å². The highest BCUT2D eigenvalue weighted by Crippen LogP contribution is 2.31. The average molecular weight is 308 g/mol. The van der Waals surface area contributed by atoms with E-state index in [4.69, 9.17) is 0 Å². The molecule has 1 aliphatic rings. The summed E-state index contributed by atoms with van der Waals surface area (Å²) in [4.78, 5) is 17.0. The molecular weight excluding hydrogens is 284 g/mol. The van der Waals surface area contributed by atoms with Gasteiger partial charge in [0.2, 0.25) is 0 Å². The Balaban J connectivity index is 2.21. The summed E-state index contributed by atoms with van der Waals surface area (Å²) >= 11 is 1.59. The number of hydrogen-bond acceptors (Lipinski definition) is 4. The van der Waals surface area contributed by atoms with Gasteiger partial charge in [-0.15, -0.1) is 11.8 Å². The molecule has 21 heavy (non-hydrogen) atoms. The Morgan fingerprint density at radius 3 is 2.86 bits per heavy atom. The standard InChI is InChI=1S/C16H24N2O2S/c1-4-21-14-7-5-6-13(15(14)16(19)20)18(3)11-12-8-9-17(2)10-12/h5-7,12H,4,8-11H2,1-3H3,(H,19,20). The summed E-state index contributed by atoms with van der Waals surface area (Å²) in [5.41, 5.74) is 1.27. The Hall–Kier alpha value is -1.20. The largest absolute Gasteiger partial charge is 0.478 e. The molecule has 0 saturated carbocycles. The highest BCUT2D eigenvalue weighted by Gasteiger charge is 2.23. The van der Waals surface area contributed by atoms with Gasteiger partial charge in [-0.05, 0) is 43.8 Å². The third-order valence-corrected chi connectivity index (χ3v) is 4.89. The number of likely N-dealkylation sites (tertiary alicyclic amines) is 1. The zero-order valence-corrected chi connectivity index (χ0v) is 13.8. The van der Waals surface area contributed by atoms with Crippen LogP contribution in [0.25, 0.3) is 0 Å². The van der Waals surface area contributed by atoms with Crippen LogP contribution in [0.1, 0.15) is 23.7 Å². The van der Waals surface area contributed by atoms with Crippen LogP contribution in [0.2, 0.25) is 0 Å². The summed E-state index contributed by atoms with van der Waals surface area (Å²) in [5, 5.41) is 9.58. The van der Waals surface area contributed by atoms with Gasteiger partial charge in [0.25, 0.3) is 0 Å². The van der Waals surface area contributed by atoms with Gasteiger partial charge in [0.15, 0.2) is 0 Å². The predicted molar refractivity (Wildman–Crippen MR) is 88.7 cm³/mol. The van der Waals surface area contributed by atoms with Crippen LogP contribution in [0, 0.1) is 5.92 Å². The molecule has 5 heteroatoms. The number of carboxylic acid groups (broad SMARTS) is 1. The zero-order valence-electron chi connectivity index (χ0n) is 13.0. The van der Waals surface area contributed by atoms with Crippen molar-refractivity contribution in [1.29, 1.82) is 0 Å². The molecule has 2 rings (SSSR count). The van der Waals surface area contributed by atoms with E-state index in [-0.39, 0.29) is 0 Å². The van der Waals surface area contributed by atoms with Gasteiger partial charge in [-0.3, -0.25) is 0 Å². The number of benzene rings is 1. The monoisotopic (exact) mass is 308 g/mol. The van der Waals surface area contributed by atoms with E-state index in [2.05, 4.69) is 16.8 Å². The lowest BCUT2D eigenvalue weighted by atomic mass is 10.1. The summed E-state index contributed by atoms with van der Waals surface area (Å²) < 4.78 is 0. The van der Waals surface area contributed by atoms with Crippen LogP contribution in [-0.2, 0) is 0 Å². The van der Waals surface area contributed by atoms with E-state index in [0.717, 1.165) is 36.0 Å². The maximum Gasteiger partial charge on any atom is 0.338 e. The third-order valence-electron chi connectivity index (χ3n) is 3.95. The molecule has 1 N–H and O–H groups in total. The molecule has 4 nitrogen and oxygen atoms in total. The SMILES string of the molecule is CCSc1cccc(N(C)CC2CCN(C)C2)c1C(=O)O. The number of aromatic carboxylic acids is 1. The maximum absolute atomic E-state index is 11.7. The van der Waals surface area contributed by atoms with Crippen LogP contribution in [0.3, 0.4) is 0 Å². The summed E-state index contributed by atoms with van der Waals surface area (Å²) in [6.45, 7) is 5.18. The van der Waals surface area contributed by atoms with Crippen LogP contribution in [0.4, 0.5) is 5.69 Å². The molecule has 0 aliphatic carbocycles. The fourth-order valence-corrected chi connectivity index (χ4v) is 3.81. The van der Waals surface area contributed by atoms with Gasteiger partial charge in [0.1, 0.15) is 0 Å². The molecule has 1 unspecified atom stereocenters. The van der Waals surface area contributed by atoms with E-state index in [0.29, 0.717) is 11.5 Å². The third kappa shape index (κ3) is 3.92. The number of nitrogens with zero attached hydrogens (tertiary/aromatic N) is 2. The van der Waals surface area contributed by atoms with Gasteiger partial charge in [-0.2, -0.15) is 0 Å². The lowest BCUT2D eigenvalue weighted by Gasteiger charge is -2.25. The van der Waals surface area contributed by atoms with E-state index in [1.807, 2.05) is 32.2 Å². The van der Waals surface area contributed by atoms with Crippen molar-refractivity contribution >= 4 is 23.4 Å². The van der Waals surface area contributed by atoms with Gasteiger partial charge in [0, 0.05) is 25.0 Å². The van der Waals surface area contributed by atoms with E-state index in [1.165, 1.54) is 6.42 Å². The van der Waals surface area contributed by atoms with Gasteiger partial charge >= 0.3 is 5.97 Å². The van der Waals surface area contributed by atoms with E-state index in [9.17, 15) is 9.90 Å². The van der Waals surface area contributed by atoms with Gasteiger partial charge in [0.05, 0.1) is 11.3 Å². The fraction of sp³-hybridized carbons (Fsp3) is 0.562. The molecule has 0 bridgehead atoms. The first-order valence-electron chi connectivity index (χ1n) is 7.41. The Kier molecular flexibility index (Phi) is 5.53. The molecule has 1 aromatic rings. The van der Waals surface area contributed by atoms with Crippen molar-refractivity contribution in [2.75, 3.05) is 44.4 Å². The highest BCUT2D eigenvalue weighted by atomic mass is 32.2. The molecule has 0 spiro atoms. The summed E-state index contributed by atoms with van der Waals surface area (Å²) in [6.07, 6.45) is 1.19. The first-order chi connectivity index (χ1) is 10.0. The van der Waals surface area contributed by atoms with Crippen LogP contribution in [0.15, 0.2) is 23.1 Å². The maximum atomic E-state index is 11.7. The average Bonchev–Trinajstić information content (AvgIpc) is 2.84. The smallest absolute Gasteiger partial charge is 0.338 e. The van der Waals surface area contributed by atoms with Crippen molar-refractivity contribution < 1.29 is 9.90 Å². The van der Waals surface area contributed by atoms with Crippen molar-refractivity contribution in [2.24, 2.45) is 5.92 Å². The first-order valence-corrected chi connectivity index (χ1v) is 8.40. The topological polar surface area (TPSA) is 43.8 Å². The zero-order chi connectivity index (χ0) is 15.4. The van der Waals surface area contributed by atoms with E-state index >= 15 is 0 Å². The van der Waals surface area contributed by atoms with Gasteiger partial charge in [-0.1, -0.05) is 13.0 Å². The van der Waals surface area contributed by atoms with Crippen molar-refractivity contribution in [1.82, 2.24) is 4.90 Å². The molecule has 0 aromatic heterocycles. The number of hydrogen-bond donors (Lipinski definition) is 1. The lowest BCUT2D eigenvalue weighted by molar-refractivity contribution is 0.0694. The predicted octanol–water partition coefficient (Wildman–Crippen LogP) is 2.88. The minimum Gasteiger partial charge on any atom is -0.478 e. The van der Waals surface area contributed by atoms with Crippen LogP contribution in [-0.4, -0.2) is 55.5 Å². The molecule has 1 saturated heterocycles. The second-order valence-corrected chi connectivity index (χ2v) is 6.99. The summed E-state index contributed by atoms with van der Waals surface area (Å²) in [7, 11) is 4.14. The minimum absolute atomic E-state index is 0.443. The van der Waals surface area contributed by atoms with Crippen LogP contribution >= 0.6 is 11.8 Å². The van der Waals surface area contributed by atoms with Crippen molar-refractivity contribution in [2.45, 2.75) is 18.2 Å². The van der Waals surface area contributed by atoms with Crippen molar-refractivity contribution in [3.8, 4) is 0 Å². The normalized spacial score (nSPS) is 18.9. The van der Waals surface area contributed by atoms with E-state index < -0.39 is 5.97 Å². The molecule has 1 aromatic carbocycles. The van der Waals surface area contributed by atoms with E-state index in [1.54, 1.807) is 11.8 Å². The molecule has 116 valence electrons. The van der Waals surface area contributed by atoms with Gasteiger partial charge < -0.3 is 14.9 Å². The summed E-state index contributed by atoms with van der Waals surface area (Å²) in [5.74, 6) is 0.655. The fourth-order valence-electron chi connectivity index (χ4n) is 2.99.